The Kier molecular flexibility index (Phi) is 5.09. The minimum atomic E-state index is -0.161. The zero-order chi connectivity index (χ0) is 21.4. The van der Waals surface area contributed by atoms with E-state index in [1.165, 1.54) is 12.0 Å². The number of likely N-dealkylation sites (tertiary alicyclic amines) is 1. The van der Waals surface area contributed by atoms with Crippen LogP contribution >= 0.6 is 0 Å². The number of aromatic nitrogens is 4. The molecule has 0 bridgehead atoms. The predicted molar refractivity (Wildman–Crippen MR) is 120 cm³/mol. The van der Waals surface area contributed by atoms with E-state index in [4.69, 9.17) is 15.2 Å². The van der Waals surface area contributed by atoms with Crippen molar-refractivity contribution < 1.29 is 4.52 Å². The predicted octanol–water partition coefficient (Wildman–Crippen LogP) is 3.11. The first-order valence-corrected chi connectivity index (χ1v) is 11.0. The fourth-order valence-electron chi connectivity index (χ4n) is 4.73. The van der Waals surface area contributed by atoms with Crippen LogP contribution in [-0.2, 0) is 5.41 Å². The van der Waals surface area contributed by atoms with Crippen LogP contribution in [0.5, 0.6) is 0 Å². The molecular formula is C23H29N7O. The lowest BCUT2D eigenvalue weighted by Crippen LogP contribution is -2.42. The van der Waals surface area contributed by atoms with E-state index in [0.29, 0.717) is 12.1 Å². The van der Waals surface area contributed by atoms with Crippen LogP contribution in [-0.4, -0.2) is 58.2 Å². The molecule has 1 saturated carbocycles. The maximum atomic E-state index is 5.74. The van der Waals surface area contributed by atoms with Gasteiger partial charge in [0.2, 0.25) is 5.95 Å². The first kappa shape index (κ1) is 19.9. The van der Waals surface area contributed by atoms with Gasteiger partial charge in [-0.3, -0.25) is 0 Å². The number of piperidine rings is 1. The molecule has 31 heavy (non-hydrogen) atoms. The summed E-state index contributed by atoms with van der Waals surface area (Å²) in [7, 11) is 4.25. The Bertz CT molecular complexity index is 1020. The van der Waals surface area contributed by atoms with E-state index in [1.807, 2.05) is 0 Å². The van der Waals surface area contributed by atoms with E-state index in [0.717, 1.165) is 55.7 Å². The summed E-state index contributed by atoms with van der Waals surface area (Å²) in [5.74, 6) is 1.09. The molecule has 3 aromatic rings. The van der Waals surface area contributed by atoms with Gasteiger partial charge < -0.3 is 20.1 Å². The van der Waals surface area contributed by atoms with E-state index in [1.54, 1.807) is 12.4 Å². The number of rotatable bonds is 5. The number of nitrogens with two attached hydrogens (primary N) is 1. The van der Waals surface area contributed by atoms with Crippen LogP contribution in [0.15, 0.2) is 41.2 Å². The average molecular weight is 420 g/mol. The summed E-state index contributed by atoms with van der Waals surface area (Å²) in [6.07, 6.45) is 8.98. The van der Waals surface area contributed by atoms with Crippen molar-refractivity contribution in [3.63, 3.8) is 0 Å². The Balaban J connectivity index is 1.37. The summed E-state index contributed by atoms with van der Waals surface area (Å²) >= 11 is 0. The SMILES string of the molecule is CN1CCC(N(C)c2nc(C3(c4ccc(-c5cnc(N)nc5)cc4)CCC3)no2)CC1. The fraction of sp³-hybridized carbons (Fsp3) is 0.478. The van der Waals surface area contributed by atoms with E-state index in [-0.39, 0.29) is 11.4 Å². The van der Waals surface area contributed by atoms with Gasteiger partial charge in [0, 0.05) is 31.0 Å². The van der Waals surface area contributed by atoms with Gasteiger partial charge in [0.25, 0.3) is 0 Å². The molecule has 0 spiro atoms. The third kappa shape index (κ3) is 3.65. The van der Waals surface area contributed by atoms with Crippen LogP contribution in [0.4, 0.5) is 12.0 Å². The normalized spacial score (nSPS) is 19.2. The molecular weight excluding hydrogens is 390 g/mol. The second-order valence-corrected chi connectivity index (χ2v) is 8.89. The summed E-state index contributed by atoms with van der Waals surface area (Å²) in [6.45, 7) is 2.21. The second kappa shape index (κ2) is 7.92. The molecule has 2 aromatic heterocycles. The second-order valence-electron chi connectivity index (χ2n) is 8.89. The molecule has 1 aliphatic carbocycles. The van der Waals surface area contributed by atoms with Gasteiger partial charge in [-0.2, -0.15) is 4.98 Å². The minimum absolute atomic E-state index is 0.161. The lowest BCUT2D eigenvalue weighted by atomic mass is 9.64. The fourth-order valence-corrected chi connectivity index (χ4v) is 4.73. The van der Waals surface area contributed by atoms with Gasteiger partial charge in [0.15, 0.2) is 5.82 Å². The summed E-state index contributed by atoms with van der Waals surface area (Å²) in [4.78, 5) is 17.6. The first-order chi connectivity index (χ1) is 15.0. The van der Waals surface area contributed by atoms with E-state index in [2.05, 4.69) is 63.3 Å². The van der Waals surface area contributed by atoms with E-state index >= 15 is 0 Å². The van der Waals surface area contributed by atoms with E-state index < -0.39 is 0 Å². The van der Waals surface area contributed by atoms with Crippen molar-refractivity contribution in [1.82, 2.24) is 25.0 Å². The molecule has 0 amide bonds. The van der Waals surface area contributed by atoms with Crippen LogP contribution in [0.25, 0.3) is 11.1 Å². The third-order valence-corrected chi connectivity index (χ3v) is 7.03. The zero-order valence-corrected chi connectivity index (χ0v) is 18.2. The number of nitrogen functional groups attached to an aromatic ring is 1. The maximum absolute atomic E-state index is 5.74. The Morgan fingerprint density at radius 2 is 1.74 bits per heavy atom. The number of hydrogen-bond acceptors (Lipinski definition) is 8. The Morgan fingerprint density at radius 3 is 2.35 bits per heavy atom. The number of nitrogens with zero attached hydrogens (tertiary/aromatic N) is 6. The Morgan fingerprint density at radius 1 is 1.06 bits per heavy atom. The molecule has 8 heteroatoms. The van der Waals surface area contributed by atoms with Crippen molar-refractivity contribution in [3.05, 3.63) is 48.0 Å². The zero-order valence-electron chi connectivity index (χ0n) is 18.2. The number of anilines is 2. The van der Waals surface area contributed by atoms with Crippen molar-refractivity contribution in [3.8, 4) is 11.1 Å². The molecule has 2 N–H and O–H groups in total. The molecule has 0 unspecified atom stereocenters. The molecule has 1 saturated heterocycles. The number of benzene rings is 1. The van der Waals surface area contributed by atoms with Crippen LogP contribution < -0.4 is 10.6 Å². The van der Waals surface area contributed by atoms with Gasteiger partial charge >= 0.3 is 6.01 Å². The number of hydrogen-bond donors (Lipinski definition) is 1. The van der Waals surface area contributed by atoms with Crippen LogP contribution in [0, 0.1) is 0 Å². The first-order valence-electron chi connectivity index (χ1n) is 11.0. The lowest BCUT2D eigenvalue weighted by molar-refractivity contribution is 0.246. The van der Waals surface area contributed by atoms with Gasteiger partial charge in [-0.15, -0.1) is 0 Å². The van der Waals surface area contributed by atoms with Gasteiger partial charge in [-0.05, 0) is 56.9 Å². The molecule has 1 aliphatic heterocycles. The largest absolute Gasteiger partial charge is 0.368 e. The molecule has 8 nitrogen and oxygen atoms in total. The molecule has 0 atom stereocenters. The molecule has 2 fully saturated rings. The lowest BCUT2D eigenvalue weighted by Gasteiger charge is -2.39. The summed E-state index contributed by atoms with van der Waals surface area (Å²) in [5.41, 5.74) is 8.68. The monoisotopic (exact) mass is 419 g/mol. The smallest absolute Gasteiger partial charge is 0.324 e. The van der Waals surface area contributed by atoms with Crippen LogP contribution in [0.3, 0.4) is 0 Å². The third-order valence-electron chi connectivity index (χ3n) is 7.03. The highest BCUT2D eigenvalue weighted by Crippen LogP contribution is 2.48. The highest BCUT2D eigenvalue weighted by Gasteiger charge is 2.45. The standard InChI is InChI=1S/C23H29N7O/c1-29-12-8-19(9-13-29)30(2)22-27-20(28-31-22)23(10-3-11-23)18-6-4-16(5-7-18)17-14-25-21(24)26-15-17/h4-7,14-15,19H,3,8-13H2,1-2H3,(H2,24,25,26). The van der Waals surface area contributed by atoms with Crippen LogP contribution in [0.2, 0.25) is 0 Å². The van der Waals surface area contributed by atoms with Crippen molar-refractivity contribution in [2.45, 2.75) is 43.6 Å². The van der Waals surface area contributed by atoms with Crippen molar-refractivity contribution in [2.75, 3.05) is 37.8 Å². The van der Waals surface area contributed by atoms with Gasteiger partial charge in [-0.25, -0.2) is 9.97 Å². The Hall–Kier alpha value is -3.00. The quantitative estimate of drug-likeness (QED) is 0.674. The maximum Gasteiger partial charge on any atom is 0.324 e. The molecule has 1 aromatic carbocycles. The molecule has 3 heterocycles. The highest BCUT2D eigenvalue weighted by atomic mass is 16.5. The molecule has 0 radical (unpaired) electrons. The minimum Gasteiger partial charge on any atom is -0.368 e. The summed E-state index contributed by atoms with van der Waals surface area (Å²) < 4.78 is 5.74. The Labute approximate surface area is 182 Å². The van der Waals surface area contributed by atoms with Crippen molar-refractivity contribution in [2.24, 2.45) is 0 Å². The van der Waals surface area contributed by atoms with Crippen molar-refractivity contribution >= 4 is 12.0 Å². The molecule has 5 rings (SSSR count). The van der Waals surface area contributed by atoms with Crippen molar-refractivity contribution in [1.29, 1.82) is 0 Å². The van der Waals surface area contributed by atoms with E-state index in [9.17, 15) is 0 Å². The van der Waals surface area contributed by atoms with Gasteiger partial charge in [0.1, 0.15) is 0 Å². The summed E-state index contributed by atoms with van der Waals surface area (Å²) in [5, 5.41) is 4.44. The average Bonchev–Trinajstić information content (AvgIpc) is 3.24. The van der Waals surface area contributed by atoms with Crippen LogP contribution in [0.1, 0.15) is 43.5 Å². The molecule has 162 valence electrons. The van der Waals surface area contributed by atoms with Gasteiger partial charge in [-0.1, -0.05) is 35.8 Å². The topological polar surface area (TPSA) is 97.2 Å². The molecule has 2 aliphatic rings. The summed E-state index contributed by atoms with van der Waals surface area (Å²) in [6, 6.07) is 9.63. The highest BCUT2D eigenvalue weighted by molar-refractivity contribution is 5.62. The van der Waals surface area contributed by atoms with Gasteiger partial charge in [0.05, 0.1) is 5.41 Å².